The molecule has 0 saturated carbocycles. The Balaban J connectivity index is 0.000000212. The third-order valence-electron chi connectivity index (χ3n) is 5.40. The molecule has 4 heterocycles. The number of methoxy groups -OCH3 is 1. The lowest BCUT2D eigenvalue weighted by molar-refractivity contribution is -0.115. The van der Waals surface area contributed by atoms with Crippen molar-refractivity contribution >= 4 is 45.7 Å². The number of allylic oxidation sites excluding steroid dienone is 1. The first-order valence-corrected chi connectivity index (χ1v) is 13.9. The van der Waals surface area contributed by atoms with Gasteiger partial charge in [-0.25, -0.2) is 15.0 Å². The number of carbonyl (C=O) groups excluding carboxylic acids is 1. The van der Waals surface area contributed by atoms with Gasteiger partial charge >= 0.3 is 0 Å². The van der Waals surface area contributed by atoms with E-state index in [-0.39, 0.29) is 13.2 Å². The van der Waals surface area contributed by atoms with Crippen molar-refractivity contribution < 1.29 is 19.5 Å². The minimum Gasteiger partial charge on any atom is -0.393 e. The van der Waals surface area contributed by atoms with E-state index >= 15 is 0 Å². The Morgan fingerprint density at radius 2 is 2.08 bits per heavy atom. The number of anilines is 2. The van der Waals surface area contributed by atoms with E-state index in [9.17, 15) is 9.90 Å². The molecular formula is C26H34N6O4S2. The smallest absolute Gasteiger partial charge is 0.213 e. The fraction of sp³-hybridized carbons (Fsp3) is 0.423. The van der Waals surface area contributed by atoms with Crippen LogP contribution in [0.5, 0.6) is 0 Å². The number of hydrogen-bond acceptors (Lipinski definition) is 11. The van der Waals surface area contributed by atoms with Gasteiger partial charge in [0.15, 0.2) is 5.13 Å². The van der Waals surface area contributed by atoms with Crippen LogP contribution < -0.4 is 5.32 Å². The highest BCUT2D eigenvalue weighted by Gasteiger charge is 2.16. The first-order valence-electron chi connectivity index (χ1n) is 12.2. The third kappa shape index (κ3) is 8.69. The lowest BCUT2D eigenvalue weighted by Gasteiger charge is -2.21. The molecule has 1 atom stereocenters. The van der Waals surface area contributed by atoms with Crippen molar-refractivity contribution in [3.8, 4) is 10.6 Å². The number of carbonyl (C=O) groups is 1. The van der Waals surface area contributed by atoms with Crippen molar-refractivity contribution in [2.75, 3.05) is 32.2 Å². The Hall–Kier alpha value is -3.19. The summed E-state index contributed by atoms with van der Waals surface area (Å²) in [6.07, 6.45) is 5.20. The van der Waals surface area contributed by atoms with Gasteiger partial charge in [0, 0.05) is 37.9 Å². The topological polar surface area (TPSA) is 122 Å². The number of aryl methyl sites for hydroxylation is 3. The van der Waals surface area contributed by atoms with E-state index in [0.717, 1.165) is 61.9 Å². The van der Waals surface area contributed by atoms with E-state index in [1.807, 2.05) is 46.0 Å². The van der Waals surface area contributed by atoms with Crippen molar-refractivity contribution in [2.24, 2.45) is 5.16 Å². The molecule has 0 bridgehead atoms. The quantitative estimate of drug-likeness (QED) is 0.267. The first kappa shape index (κ1) is 29.4. The van der Waals surface area contributed by atoms with Crippen LogP contribution in [0.25, 0.3) is 10.6 Å². The summed E-state index contributed by atoms with van der Waals surface area (Å²) in [6, 6.07) is 3.99. The Bertz CT molecular complexity index is 1240. The van der Waals surface area contributed by atoms with Gasteiger partial charge in [-0.1, -0.05) is 18.1 Å². The lowest BCUT2D eigenvalue weighted by Crippen LogP contribution is -2.27. The van der Waals surface area contributed by atoms with Crippen molar-refractivity contribution in [2.45, 2.75) is 46.6 Å². The van der Waals surface area contributed by atoms with Crippen LogP contribution in [0.1, 0.15) is 36.0 Å². The Labute approximate surface area is 231 Å². The van der Waals surface area contributed by atoms with Crippen molar-refractivity contribution in [1.29, 1.82) is 0 Å². The molecule has 3 aromatic rings. The third-order valence-corrected chi connectivity index (χ3v) is 7.26. The number of pyridine rings is 1. The molecule has 4 rings (SSSR count). The summed E-state index contributed by atoms with van der Waals surface area (Å²) in [6.45, 7) is 8.99. The minimum absolute atomic E-state index is 0.103. The number of hydrogen-bond donors (Lipinski definition) is 2. The first-order chi connectivity index (χ1) is 18.3. The van der Waals surface area contributed by atoms with Crippen LogP contribution in [-0.4, -0.2) is 70.1 Å². The van der Waals surface area contributed by atoms with Gasteiger partial charge in [0.1, 0.15) is 18.5 Å². The molecule has 2 N–H and O–H groups in total. The SMILES string of the molecule is CCC1=CN(C=O)CC/C1=N\OCC(O)COC.Cc1ccc(Nc2nc(-c3sc(C)nc3C)cs2)nc1. The molecule has 0 aromatic carbocycles. The Morgan fingerprint density at radius 1 is 1.26 bits per heavy atom. The number of rotatable bonds is 10. The van der Waals surface area contributed by atoms with Crippen molar-refractivity contribution in [3.63, 3.8) is 0 Å². The predicted octanol–water partition coefficient (Wildman–Crippen LogP) is 4.85. The average Bonchev–Trinajstić information content (AvgIpc) is 3.51. The molecule has 12 heteroatoms. The monoisotopic (exact) mass is 558 g/mol. The van der Waals surface area contributed by atoms with E-state index in [2.05, 4.69) is 30.8 Å². The molecule has 204 valence electrons. The van der Waals surface area contributed by atoms with Gasteiger partial charge < -0.3 is 24.9 Å². The summed E-state index contributed by atoms with van der Waals surface area (Å²) < 4.78 is 4.78. The number of ether oxygens (including phenoxy) is 1. The molecule has 0 saturated heterocycles. The number of aliphatic hydroxyl groups excluding tert-OH is 1. The molecule has 0 radical (unpaired) electrons. The van der Waals surface area contributed by atoms with Crippen LogP contribution in [0.3, 0.4) is 0 Å². The second-order valence-electron chi connectivity index (χ2n) is 8.58. The second-order valence-corrected chi connectivity index (χ2v) is 10.6. The van der Waals surface area contributed by atoms with Gasteiger partial charge in [-0.15, -0.1) is 22.7 Å². The van der Waals surface area contributed by atoms with Gasteiger partial charge in [0.25, 0.3) is 0 Å². The normalized spacial score (nSPS) is 14.9. The highest BCUT2D eigenvalue weighted by Crippen LogP contribution is 2.32. The van der Waals surface area contributed by atoms with Gasteiger partial charge in [0.05, 0.1) is 33.6 Å². The van der Waals surface area contributed by atoms with Crippen LogP contribution in [0.15, 0.2) is 40.6 Å². The second kappa shape index (κ2) is 14.7. The Morgan fingerprint density at radius 3 is 2.71 bits per heavy atom. The minimum atomic E-state index is -0.677. The maximum absolute atomic E-state index is 10.7. The Kier molecular flexibility index (Phi) is 11.3. The molecule has 3 aromatic heterocycles. The number of thiazole rings is 2. The number of amides is 1. The largest absolute Gasteiger partial charge is 0.393 e. The van der Waals surface area contributed by atoms with E-state index in [1.54, 1.807) is 33.8 Å². The zero-order valence-electron chi connectivity index (χ0n) is 22.3. The highest BCUT2D eigenvalue weighted by molar-refractivity contribution is 7.16. The fourth-order valence-corrected chi connectivity index (χ4v) is 5.18. The number of aromatic nitrogens is 3. The zero-order chi connectivity index (χ0) is 27.5. The number of nitrogens with zero attached hydrogens (tertiary/aromatic N) is 5. The van der Waals surface area contributed by atoms with Crippen LogP contribution in [0, 0.1) is 20.8 Å². The molecule has 0 aliphatic carbocycles. The molecule has 0 spiro atoms. The molecular weight excluding hydrogens is 524 g/mol. The summed E-state index contributed by atoms with van der Waals surface area (Å²) in [5.74, 6) is 0.814. The van der Waals surface area contributed by atoms with Gasteiger partial charge in [0.2, 0.25) is 6.41 Å². The molecule has 38 heavy (non-hydrogen) atoms. The van der Waals surface area contributed by atoms with E-state index in [0.29, 0.717) is 13.0 Å². The van der Waals surface area contributed by atoms with E-state index in [1.165, 1.54) is 7.11 Å². The summed E-state index contributed by atoms with van der Waals surface area (Å²) in [5.41, 5.74) is 4.98. The molecule has 1 aliphatic heterocycles. The fourth-order valence-electron chi connectivity index (χ4n) is 3.51. The number of aliphatic hydroxyl groups is 1. The maximum Gasteiger partial charge on any atom is 0.213 e. The van der Waals surface area contributed by atoms with Gasteiger partial charge in [-0.3, -0.25) is 4.79 Å². The lowest BCUT2D eigenvalue weighted by atomic mass is 10.0. The number of oxime groups is 1. The summed E-state index contributed by atoms with van der Waals surface area (Å²) in [7, 11) is 1.52. The summed E-state index contributed by atoms with van der Waals surface area (Å²) in [5, 5.41) is 20.6. The molecule has 0 fully saturated rings. The van der Waals surface area contributed by atoms with Crippen molar-refractivity contribution in [3.05, 3.63) is 51.7 Å². The van der Waals surface area contributed by atoms with Gasteiger partial charge in [-0.2, -0.15) is 0 Å². The summed E-state index contributed by atoms with van der Waals surface area (Å²) in [4.78, 5) is 31.9. The molecule has 10 nitrogen and oxygen atoms in total. The number of nitrogens with one attached hydrogen (secondary N) is 1. The zero-order valence-corrected chi connectivity index (χ0v) is 23.9. The summed E-state index contributed by atoms with van der Waals surface area (Å²) >= 11 is 3.26. The van der Waals surface area contributed by atoms with Crippen LogP contribution >= 0.6 is 22.7 Å². The van der Waals surface area contributed by atoms with Gasteiger partial charge in [-0.05, 0) is 44.4 Å². The van der Waals surface area contributed by atoms with E-state index < -0.39 is 6.10 Å². The van der Waals surface area contributed by atoms with E-state index in [4.69, 9.17) is 9.57 Å². The highest BCUT2D eigenvalue weighted by atomic mass is 32.1. The van der Waals surface area contributed by atoms with Crippen LogP contribution in [-0.2, 0) is 14.4 Å². The van der Waals surface area contributed by atoms with Crippen LogP contribution in [0.2, 0.25) is 0 Å². The standard InChI is InChI=1S/C14H14N4S2.C12H20N2O4/c1-8-4-5-12(15-6-8)18-14-17-11(7-19-14)13-9(2)16-10(3)20-13;1-3-10-6-14(9-15)5-4-12(10)13-18-8-11(16)7-17-2/h4-7H,1-3H3,(H,15,17,18);6,9,11,16H,3-5,7-8H2,1-2H3/b;13-12+. The molecule has 1 unspecified atom stereocenters. The van der Waals surface area contributed by atoms with Crippen molar-refractivity contribution in [1.82, 2.24) is 19.9 Å². The average molecular weight is 559 g/mol. The molecule has 1 aliphatic rings. The molecule has 1 amide bonds. The van der Waals surface area contributed by atoms with Crippen LogP contribution in [0.4, 0.5) is 10.9 Å². The maximum atomic E-state index is 10.7. The predicted molar refractivity (Wildman–Crippen MR) is 152 cm³/mol.